The minimum absolute atomic E-state index is 0.00320. The lowest BCUT2D eigenvalue weighted by molar-refractivity contribution is -0.148. The Morgan fingerprint density at radius 1 is 1.02 bits per heavy atom. The number of para-hydroxylation sites is 1. The molecule has 12 nitrogen and oxygen atoms in total. The van der Waals surface area contributed by atoms with Crippen molar-refractivity contribution in [1.29, 1.82) is 5.26 Å². The maximum Gasteiger partial charge on any atom is 0.355 e. The fourth-order valence-electron chi connectivity index (χ4n) is 9.55. The summed E-state index contributed by atoms with van der Waals surface area (Å²) in [5.74, 6) is -5.03. The summed E-state index contributed by atoms with van der Waals surface area (Å²) < 4.78 is 56.8. The van der Waals surface area contributed by atoms with Crippen LogP contribution in [0.25, 0.3) is 10.1 Å². The first-order valence-corrected chi connectivity index (χ1v) is 23.9. The molecule has 3 aliphatic heterocycles. The Balaban J connectivity index is 0.992. The van der Waals surface area contributed by atoms with Crippen molar-refractivity contribution in [1.82, 2.24) is 20.2 Å². The number of nitrogens with one attached hydrogen (secondary N) is 2. The van der Waals surface area contributed by atoms with Gasteiger partial charge in [0.05, 0.1) is 29.0 Å². The number of rotatable bonds is 13. The van der Waals surface area contributed by atoms with E-state index in [2.05, 4.69) is 16.5 Å². The van der Waals surface area contributed by atoms with Gasteiger partial charge in [0.1, 0.15) is 29.7 Å². The number of hydrogen-bond acceptors (Lipinski definition) is 9. The topological polar surface area (TPSA) is 158 Å². The summed E-state index contributed by atoms with van der Waals surface area (Å²) in [5, 5.41) is 16.4. The standard InChI is InChI=1S/C46H50F2N5O7PS/c1-3-22-59-45(57)28(2)51-61(58,60-34-13-5-4-6-14-34)41(48)30-16-19-39-31(23-30)25-40(62-39)42(54)50-37-15-8-7-12-33-17-18-38(53(33)43(37)55)44(56)52-27-35(29-10-9-11-32(47)24-29)36(26-49)46(52)20-21-46/h4-6,9-11,13-14,16,19,23-25,28,33,35-38,41H,3,7-8,12,15,17-18,20-22,27H2,1-2H3,(H,50,54)(H,51,58)/t28-,33-,35+,36?,37-,38-,41+,61?/m0/s1. The number of amides is 3. The molecule has 3 saturated heterocycles. The molecule has 3 amide bonds. The van der Waals surface area contributed by atoms with Gasteiger partial charge in [-0.2, -0.15) is 5.26 Å². The van der Waals surface area contributed by atoms with Crippen LogP contribution in [-0.4, -0.2) is 76.3 Å². The van der Waals surface area contributed by atoms with E-state index in [1.54, 1.807) is 52.3 Å². The van der Waals surface area contributed by atoms with Crippen LogP contribution in [0.5, 0.6) is 5.75 Å². The number of hydrogen-bond donors (Lipinski definition) is 2. The summed E-state index contributed by atoms with van der Waals surface area (Å²) >= 11 is 1.16. The van der Waals surface area contributed by atoms with Gasteiger partial charge in [0, 0.05) is 23.2 Å². The highest BCUT2D eigenvalue weighted by molar-refractivity contribution is 7.57. The Kier molecular flexibility index (Phi) is 12.6. The quantitative estimate of drug-likeness (QED) is 0.0992. The molecule has 2 N–H and O–H groups in total. The van der Waals surface area contributed by atoms with Crippen molar-refractivity contribution in [2.75, 3.05) is 13.2 Å². The Hall–Kier alpha value is -5.16. The van der Waals surface area contributed by atoms with Crippen LogP contribution in [0, 0.1) is 23.1 Å². The molecule has 8 atom stereocenters. The van der Waals surface area contributed by atoms with E-state index in [0.717, 1.165) is 24.2 Å². The molecule has 1 aliphatic carbocycles. The Morgan fingerprint density at radius 2 is 1.79 bits per heavy atom. The van der Waals surface area contributed by atoms with Crippen molar-refractivity contribution >= 4 is 52.6 Å². The van der Waals surface area contributed by atoms with E-state index in [0.29, 0.717) is 60.6 Å². The van der Waals surface area contributed by atoms with Gasteiger partial charge >= 0.3 is 13.5 Å². The van der Waals surface area contributed by atoms with E-state index in [1.165, 1.54) is 43.3 Å². The SMILES string of the molecule is CCCOC(=O)[C@H](C)NP(=O)(Oc1ccccc1)[C@@H](F)c1ccc2sc(C(=O)N[C@H]3CCCC[C@H]4CC[C@@H](C(=O)N5C[C@H](c6cccc(F)c6)C(C#N)C56CC6)N4C3=O)cc2c1. The third-order valence-electron chi connectivity index (χ3n) is 12.8. The molecule has 326 valence electrons. The molecule has 3 aromatic carbocycles. The molecule has 4 fully saturated rings. The smallest absolute Gasteiger partial charge is 0.355 e. The lowest BCUT2D eigenvalue weighted by atomic mass is 9.85. The van der Waals surface area contributed by atoms with Gasteiger partial charge in [-0.1, -0.05) is 56.2 Å². The predicted molar refractivity (Wildman–Crippen MR) is 229 cm³/mol. The van der Waals surface area contributed by atoms with Crippen molar-refractivity contribution in [2.24, 2.45) is 5.92 Å². The monoisotopic (exact) mass is 885 g/mol. The van der Waals surface area contributed by atoms with Crippen molar-refractivity contribution in [3.8, 4) is 11.8 Å². The average Bonchev–Trinajstić information content (AvgIpc) is 3.59. The first-order chi connectivity index (χ1) is 29.9. The van der Waals surface area contributed by atoms with Crippen LogP contribution in [0.4, 0.5) is 8.78 Å². The molecule has 4 aromatic rings. The number of alkyl halides is 1. The van der Waals surface area contributed by atoms with Crippen molar-refractivity contribution in [3.63, 3.8) is 0 Å². The second kappa shape index (κ2) is 17.9. The number of benzene rings is 3. The van der Waals surface area contributed by atoms with Gasteiger partial charge in [0.2, 0.25) is 17.7 Å². The maximum absolute atomic E-state index is 16.6. The van der Waals surface area contributed by atoms with Gasteiger partial charge in [0.25, 0.3) is 5.91 Å². The lowest BCUT2D eigenvalue weighted by Gasteiger charge is -2.37. The van der Waals surface area contributed by atoms with E-state index in [1.807, 2.05) is 6.92 Å². The fourth-order valence-corrected chi connectivity index (χ4v) is 12.4. The maximum atomic E-state index is 16.6. The normalized spacial score (nSPS) is 24.9. The van der Waals surface area contributed by atoms with E-state index in [4.69, 9.17) is 9.26 Å². The van der Waals surface area contributed by atoms with Crippen LogP contribution in [0.15, 0.2) is 78.9 Å². The van der Waals surface area contributed by atoms with Gasteiger partial charge < -0.3 is 24.4 Å². The highest BCUT2D eigenvalue weighted by Gasteiger charge is 2.64. The summed E-state index contributed by atoms with van der Waals surface area (Å²) in [7, 11) is -4.47. The predicted octanol–water partition coefficient (Wildman–Crippen LogP) is 8.54. The van der Waals surface area contributed by atoms with Crippen LogP contribution < -0.4 is 14.9 Å². The molecule has 0 radical (unpaired) electrons. The largest absolute Gasteiger partial charge is 0.465 e. The van der Waals surface area contributed by atoms with Crippen LogP contribution in [0.3, 0.4) is 0 Å². The van der Waals surface area contributed by atoms with Crippen molar-refractivity contribution < 1.29 is 41.8 Å². The van der Waals surface area contributed by atoms with E-state index in [-0.39, 0.29) is 53.1 Å². The van der Waals surface area contributed by atoms with Crippen LogP contribution in [0.2, 0.25) is 0 Å². The molecule has 1 spiro atoms. The van der Waals surface area contributed by atoms with Gasteiger partial charge in [0.15, 0.2) is 0 Å². The number of thiophene rings is 1. The van der Waals surface area contributed by atoms with Gasteiger partial charge in [-0.15, -0.1) is 11.3 Å². The number of nitrogens with zero attached hydrogens (tertiary/aromatic N) is 3. The molecule has 1 aromatic heterocycles. The molecule has 8 rings (SSSR count). The molecule has 62 heavy (non-hydrogen) atoms. The number of carbonyl (C=O) groups is 4. The van der Waals surface area contributed by atoms with Gasteiger partial charge in [-0.05, 0) is 111 Å². The number of carbonyl (C=O) groups excluding carboxylic acids is 4. The molecule has 16 heteroatoms. The third kappa shape index (κ3) is 8.49. The molecule has 2 unspecified atom stereocenters. The molecule has 1 saturated carbocycles. The first-order valence-electron chi connectivity index (χ1n) is 21.4. The summed E-state index contributed by atoms with van der Waals surface area (Å²) in [4.78, 5) is 59.4. The molecule has 4 aliphatic rings. The highest BCUT2D eigenvalue weighted by atomic mass is 32.1. The number of likely N-dealkylation sites (tertiary alicyclic amines) is 1. The van der Waals surface area contributed by atoms with Crippen molar-refractivity contribution in [2.45, 2.75) is 113 Å². The molecular weight excluding hydrogens is 836 g/mol. The molecule has 0 bridgehead atoms. The lowest BCUT2D eigenvalue weighted by Crippen LogP contribution is -2.57. The van der Waals surface area contributed by atoms with E-state index < -0.39 is 60.7 Å². The third-order valence-corrected chi connectivity index (χ3v) is 16.0. The Bertz CT molecular complexity index is 2440. The van der Waals surface area contributed by atoms with Gasteiger partial charge in [-0.3, -0.25) is 23.7 Å². The summed E-state index contributed by atoms with van der Waals surface area (Å²) in [5.41, 5.74) is 0.0371. The van der Waals surface area contributed by atoms with E-state index >= 15 is 4.39 Å². The van der Waals surface area contributed by atoms with Crippen molar-refractivity contribution in [3.05, 3.63) is 101 Å². The van der Waals surface area contributed by atoms with E-state index in [9.17, 15) is 33.4 Å². The fraction of sp³-hybridized carbons (Fsp3) is 0.457. The van der Waals surface area contributed by atoms with Crippen LogP contribution in [-0.2, 0) is 23.7 Å². The first kappa shape index (κ1) is 43.5. The zero-order valence-electron chi connectivity index (χ0n) is 34.6. The number of esters is 1. The zero-order valence-corrected chi connectivity index (χ0v) is 36.3. The molecule has 4 heterocycles. The summed E-state index contributed by atoms with van der Waals surface area (Å²) in [6.45, 7) is 3.67. The number of fused-ring (bicyclic) bond motifs is 2. The second-order valence-corrected chi connectivity index (χ2v) is 20.1. The Labute approximate surface area is 363 Å². The zero-order chi connectivity index (χ0) is 43.8. The minimum Gasteiger partial charge on any atom is -0.465 e. The Morgan fingerprint density at radius 3 is 2.52 bits per heavy atom. The average molecular weight is 886 g/mol. The van der Waals surface area contributed by atoms with Crippen LogP contribution >= 0.6 is 18.9 Å². The summed E-state index contributed by atoms with van der Waals surface area (Å²) in [6, 6.07) is 19.9. The second-order valence-electron chi connectivity index (χ2n) is 16.9. The number of halogens is 2. The minimum atomic E-state index is -4.47. The highest BCUT2D eigenvalue weighted by Crippen LogP contribution is 2.59. The molecular formula is C46H50F2N5O7PS. The number of nitriles is 1. The number of ether oxygens (including phenoxy) is 1. The summed E-state index contributed by atoms with van der Waals surface area (Å²) in [6.07, 6.45) is 5.67. The van der Waals surface area contributed by atoms with Gasteiger partial charge in [-0.25, -0.2) is 13.9 Å². The van der Waals surface area contributed by atoms with Crippen LogP contribution in [0.1, 0.15) is 104 Å².